The van der Waals surface area contributed by atoms with Crippen molar-refractivity contribution in [3.8, 4) is 17.2 Å². The molecule has 164 valence electrons. The van der Waals surface area contributed by atoms with Crippen molar-refractivity contribution in [1.29, 1.82) is 0 Å². The Balaban J connectivity index is 1.40. The Morgan fingerprint density at radius 3 is 2.65 bits per heavy atom. The zero-order valence-corrected chi connectivity index (χ0v) is 17.9. The number of aryl methyl sites for hydroxylation is 1. The summed E-state index contributed by atoms with van der Waals surface area (Å²) >= 11 is 0. The molecule has 3 aromatic rings. The number of aliphatic hydroxyl groups excluding tert-OH is 1. The zero-order valence-electron chi connectivity index (χ0n) is 17.9. The topological polar surface area (TPSA) is 72.1 Å². The Hall–Kier alpha value is -2.83. The van der Waals surface area contributed by atoms with Crippen molar-refractivity contribution in [1.82, 2.24) is 4.90 Å². The van der Waals surface area contributed by atoms with Crippen molar-refractivity contribution in [2.45, 2.75) is 38.7 Å². The number of nitrogens with zero attached hydrogens (tertiary/aromatic N) is 1. The minimum Gasteiger partial charge on any atom is -0.491 e. The van der Waals surface area contributed by atoms with E-state index in [4.69, 9.17) is 13.9 Å². The third-order valence-corrected chi connectivity index (χ3v) is 5.54. The lowest BCUT2D eigenvalue weighted by Gasteiger charge is -2.23. The van der Waals surface area contributed by atoms with Gasteiger partial charge in [0.25, 0.3) is 0 Å². The largest absolute Gasteiger partial charge is 0.491 e. The molecule has 0 spiro atoms. The lowest BCUT2D eigenvalue weighted by molar-refractivity contribution is 0.0694. The normalized spacial score (nSPS) is 16.1. The summed E-state index contributed by atoms with van der Waals surface area (Å²) in [5, 5.41) is 10.8. The number of ether oxygens (including phenoxy) is 2. The molecule has 0 saturated carbocycles. The molecule has 1 fully saturated rings. The summed E-state index contributed by atoms with van der Waals surface area (Å²) in [5.41, 5.74) is 1.22. The summed E-state index contributed by atoms with van der Waals surface area (Å²) in [4.78, 5) is 15.1. The maximum Gasteiger partial charge on any atom is 0.235 e. The Bertz CT molecular complexity index is 1070. The molecular formula is C25H29NO5. The average Bonchev–Trinajstić information content (AvgIpc) is 3.03. The molecule has 6 heteroatoms. The summed E-state index contributed by atoms with van der Waals surface area (Å²) < 4.78 is 17.1. The fraction of sp³-hybridized carbons (Fsp3) is 0.400. The predicted molar refractivity (Wildman–Crippen MR) is 120 cm³/mol. The van der Waals surface area contributed by atoms with E-state index in [1.54, 1.807) is 24.3 Å². The van der Waals surface area contributed by atoms with Crippen LogP contribution in [0, 0.1) is 6.92 Å². The molecule has 4 rings (SSSR count). The number of hydrogen-bond donors (Lipinski definition) is 1. The van der Waals surface area contributed by atoms with Crippen LogP contribution in [0.15, 0.2) is 57.9 Å². The van der Waals surface area contributed by atoms with Gasteiger partial charge in [0.1, 0.15) is 36.1 Å². The smallest absolute Gasteiger partial charge is 0.235 e. The predicted octanol–water partition coefficient (Wildman–Crippen LogP) is 4.51. The first kappa shape index (κ1) is 21.4. The third kappa shape index (κ3) is 5.66. The number of β-amino-alcohol motifs (C(OH)–C–C–N with tert-alkyl or cyclic N) is 1. The Labute approximate surface area is 182 Å². The molecule has 1 atom stereocenters. The first-order valence-corrected chi connectivity index (χ1v) is 10.9. The van der Waals surface area contributed by atoms with E-state index in [1.807, 2.05) is 25.1 Å². The van der Waals surface area contributed by atoms with E-state index in [0.717, 1.165) is 18.7 Å². The van der Waals surface area contributed by atoms with Gasteiger partial charge in [-0.15, -0.1) is 0 Å². The van der Waals surface area contributed by atoms with Gasteiger partial charge in [0.2, 0.25) is 11.2 Å². The van der Waals surface area contributed by atoms with Gasteiger partial charge in [-0.1, -0.05) is 25.0 Å². The van der Waals surface area contributed by atoms with Crippen molar-refractivity contribution >= 4 is 11.0 Å². The van der Waals surface area contributed by atoms with Crippen molar-refractivity contribution in [2.75, 3.05) is 26.2 Å². The van der Waals surface area contributed by atoms with Gasteiger partial charge in [-0.2, -0.15) is 0 Å². The van der Waals surface area contributed by atoms with Crippen LogP contribution >= 0.6 is 0 Å². The molecule has 0 amide bonds. The quantitative estimate of drug-likeness (QED) is 0.603. The molecule has 1 aliphatic heterocycles. The molecule has 1 aromatic heterocycles. The van der Waals surface area contributed by atoms with Crippen molar-refractivity contribution in [2.24, 2.45) is 0 Å². The highest BCUT2D eigenvalue weighted by Gasteiger charge is 2.15. The monoisotopic (exact) mass is 423 g/mol. The van der Waals surface area contributed by atoms with Gasteiger partial charge in [-0.05, 0) is 62.7 Å². The Kier molecular flexibility index (Phi) is 6.89. The van der Waals surface area contributed by atoms with Crippen molar-refractivity contribution in [3.63, 3.8) is 0 Å². The molecule has 2 heterocycles. The fourth-order valence-electron chi connectivity index (χ4n) is 3.92. The first-order chi connectivity index (χ1) is 15.1. The van der Waals surface area contributed by atoms with Crippen molar-refractivity contribution < 1.29 is 19.0 Å². The summed E-state index contributed by atoms with van der Waals surface area (Å²) in [6.07, 6.45) is 5.67. The lowest BCUT2D eigenvalue weighted by atomic mass is 10.2. The van der Waals surface area contributed by atoms with Gasteiger partial charge < -0.3 is 23.9 Å². The van der Waals surface area contributed by atoms with E-state index >= 15 is 0 Å². The van der Waals surface area contributed by atoms with Gasteiger partial charge in [0.05, 0.1) is 5.39 Å². The molecule has 1 N–H and O–H groups in total. The molecule has 2 aromatic carbocycles. The number of fused-ring (bicyclic) bond motifs is 1. The average molecular weight is 424 g/mol. The third-order valence-electron chi connectivity index (χ3n) is 5.54. The summed E-state index contributed by atoms with van der Waals surface area (Å²) in [5.74, 6) is 1.28. The van der Waals surface area contributed by atoms with Crippen LogP contribution < -0.4 is 14.9 Å². The number of likely N-dealkylation sites (tertiary alicyclic amines) is 1. The highest BCUT2D eigenvalue weighted by molar-refractivity contribution is 5.79. The summed E-state index contributed by atoms with van der Waals surface area (Å²) in [6.45, 7) is 4.83. The van der Waals surface area contributed by atoms with E-state index < -0.39 is 6.10 Å². The highest BCUT2D eigenvalue weighted by Crippen LogP contribution is 2.24. The Morgan fingerprint density at radius 1 is 1.06 bits per heavy atom. The molecule has 1 unspecified atom stereocenters. The molecule has 0 radical (unpaired) electrons. The second kappa shape index (κ2) is 9.98. The number of aliphatic hydroxyl groups is 1. The molecular weight excluding hydrogens is 394 g/mol. The maximum absolute atomic E-state index is 12.8. The summed E-state index contributed by atoms with van der Waals surface area (Å²) in [7, 11) is 0. The van der Waals surface area contributed by atoms with Gasteiger partial charge >= 0.3 is 0 Å². The second-order valence-electron chi connectivity index (χ2n) is 8.19. The van der Waals surface area contributed by atoms with E-state index in [9.17, 15) is 9.90 Å². The van der Waals surface area contributed by atoms with E-state index in [-0.39, 0.29) is 17.8 Å². The molecule has 1 aliphatic rings. The van der Waals surface area contributed by atoms with E-state index in [1.165, 1.54) is 31.9 Å². The number of benzene rings is 2. The molecule has 1 saturated heterocycles. The molecule has 0 aliphatic carbocycles. The zero-order chi connectivity index (χ0) is 21.6. The van der Waals surface area contributed by atoms with Gasteiger partial charge in [-0.3, -0.25) is 4.79 Å². The van der Waals surface area contributed by atoms with Crippen LogP contribution in [0.1, 0.15) is 31.2 Å². The molecule has 0 bridgehead atoms. The minimum atomic E-state index is -0.564. The lowest BCUT2D eigenvalue weighted by Crippen LogP contribution is -2.36. The van der Waals surface area contributed by atoms with E-state index in [2.05, 4.69) is 4.90 Å². The molecule has 6 nitrogen and oxygen atoms in total. The first-order valence-electron chi connectivity index (χ1n) is 10.9. The van der Waals surface area contributed by atoms with Crippen LogP contribution in [0.4, 0.5) is 0 Å². The fourth-order valence-corrected chi connectivity index (χ4v) is 3.92. The van der Waals surface area contributed by atoms with Crippen LogP contribution in [0.25, 0.3) is 11.0 Å². The van der Waals surface area contributed by atoms with Gasteiger partial charge in [-0.25, -0.2) is 0 Å². The van der Waals surface area contributed by atoms with Gasteiger partial charge in [0.15, 0.2) is 0 Å². The van der Waals surface area contributed by atoms with Gasteiger partial charge in [0, 0.05) is 12.6 Å². The SMILES string of the molecule is Cc1cccc(Oc2coc3cc(OCC(O)CN4CCCCCC4)ccc3c2=O)c1. The maximum atomic E-state index is 12.8. The Morgan fingerprint density at radius 2 is 1.87 bits per heavy atom. The van der Waals surface area contributed by atoms with Crippen LogP contribution in [0.5, 0.6) is 17.2 Å². The van der Waals surface area contributed by atoms with Crippen LogP contribution in [-0.4, -0.2) is 42.4 Å². The minimum absolute atomic E-state index is 0.139. The highest BCUT2D eigenvalue weighted by atomic mass is 16.5. The second-order valence-corrected chi connectivity index (χ2v) is 8.19. The van der Waals surface area contributed by atoms with Crippen LogP contribution in [0.3, 0.4) is 0 Å². The van der Waals surface area contributed by atoms with Crippen molar-refractivity contribution in [3.05, 3.63) is 64.5 Å². The van der Waals surface area contributed by atoms with Crippen LogP contribution in [-0.2, 0) is 0 Å². The number of rotatable bonds is 7. The summed E-state index contributed by atoms with van der Waals surface area (Å²) in [6, 6.07) is 12.5. The number of hydrogen-bond acceptors (Lipinski definition) is 6. The van der Waals surface area contributed by atoms with E-state index in [0.29, 0.717) is 29.0 Å². The molecule has 31 heavy (non-hydrogen) atoms. The standard InChI is InChI=1S/C25H29NO5/c1-18-7-6-8-21(13-18)31-24-17-30-23-14-20(9-10-22(23)25(24)28)29-16-19(27)15-26-11-4-2-3-5-12-26/h6-10,13-14,17,19,27H,2-5,11-12,15-16H2,1H3. The van der Waals surface area contributed by atoms with Crippen LogP contribution in [0.2, 0.25) is 0 Å².